The van der Waals surface area contributed by atoms with Crippen molar-refractivity contribution in [2.45, 2.75) is 18.4 Å². The predicted octanol–water partition coefficient (Wildman–Crippen LogP) is 1.66. The molecule has 0 aliphatic carbocycles. The summed E-state index contributed by atoms with van der Waals surface area (Å²) < 4.78 is 0. The van der Waals surface area contributed by atoms with Crippen LogP contribution in [0, 0.1) is 6.92 Å². The summed E-state index contributed by atoms with van der Waals surface area (Å²) in [6.07, 6.45) is 1.91. The third-order valence-electron chi connectivity index (χ3n) is 2.57. The Bertz CT molecular complexity index is 553. The molecule has 1 aliphatic rings. The molecule has 2 N–H and O–H groups in total. The van der Waals surface area contributed by atoms with Crippen LogP contribution in [0.2, 0.25) is 0 Å². The van der Waals surface area contributed by atoms with Crippen molar-refractivity contribution in [2.75, 3.05) is 5.73 Å². The Labute approximate surface area is 91.3 Å². The zero-order valence-electron chi connectivity index (χ0n) is 8.32. The summed E-state index contributed by atoms with van der Waals surface area (Å²) in [4.78, 5) is 12.8. The summed E-state index contributed by atoms with van der Waals surface area (Å²) in [5.41, 5.74) is 9.19. The number of anilines is 1. The number of hydrogen-bond acceptors (Lipinski definition) is 5. The quantitative estimate of drug-likeness (QED) is 0.728. The SMILES string of the molecule is Cc1nc(N)c2c3c(cnc2n1)CSC3. The smallest absolute Gasteiger partial charge is 0.165 e. The lowest BCUT2D eigenvalue weighted by Gasteiger charge is -2.06. The van der Waals surface area contributed by atoms with Gasteiger partial charge in [-0.05, 0) is 18.1 Å². The first-order chi connectivity index (χ1) is 7.25. The third-order valence-corrected chi connectivity index (χ3v) is 3.57. The number of aromatic nitrogens is 3. The van der Waals surface area contributed by atoms with Crippen LogP contribution < -0.4 is 5.73 Å². The van der Waals surface area contributed by atoms with E-state index >= 15 is 0 Å². The van der Waals surface area contributed by atoms with Gasteiger partial charge in [0.15, 0.2) is 5.65 Å². The fraction of sp³-hybridized carbons (Fsp3) is 0.300. The molecule has 0 saturated heterocycles. The third kappa shape index (κ3) is 1.26. The molecule has 0 spiro atoms. The Morgan fingerprint density at radius 2 is 2.20 bits per heavy atom. The molecule has 0 amide bonds. The molecule has 0 aromatic carbocycles. The number of pyridine rings is 1. The normalized spacial score (nSPS) is 14.5. The minimum atomic E-state index is 0.560. The molecule has 4 nitrogen and oxygen atoms in total. The minimum Gasteiger partial charge on any atom is -0.383 e. The number of thioether (sulfide) groups is 1. The predicted molar refractivity (Wildman–Crippen MR) is 61.5 cm³/mol. The van der Waals surface area contributed by atoms with E-state index in [9.17, 15) is 0 Å². The van der Waals surface area contributed by atoms with Gasteiger partial charge >= 0.3 is 0 Å². The topological polar surface area (TPSA) is 64.7 Å². The van der Waals surface area contributed by atoms with E-state index in [1.807, 2.05) is 24.9 Å². The molecular formula is C10H10N4S. The van der Waals surface area contributed by atoms with Crippen molar-refractivity contribution in [3.63, 3.8) is 0 Å². The average molecular weight is 218 g/mol. The van der Waals surface area contributed by atoms with Gasteiger partial charge in [-0.15, -0.1) is 0 Å². The van der Waals surface area contributed by atoms with Gasteiger partial charge in [0.25, 0.3) is 0 Å². The number of aryl methyl sites for hydroxylation is 1. The van der Waals surface area contributed by atoms with Crippen LogP contribution in [0.5, 0.6) is 0 Å². The van der Waals surface area contributed by atoms with Crippen molar-refractivity contribution in [3.8, 4) is 0 Å². The van der Waals surface area contributed by atoms with Crippen molar-refractivity contribution in [3.05, 3.63) is 23.1 Å². The molecule has 5 heteroatoms. The number of nitrogen functional groups attached to an aromatic ring is 1. The van der Waals surface area contributed by atoms with Crippen LogP contribution in [0.25, 0.3) is 11.0 Å². The summed E-state index contributed by atoms with van der Waals surface area (Å²) in [5.74, 6) is 3.25. The summed E-state index contributed by atoms with van der Waals surface area (Å²) in [5, 5.41) is 0.947. The van der Waals surface area contributed by atoms with E-state index in [-0.39, 0.29) is 0 Å². The van der Waals surface area contributed by atoms with Gasteiger partial charge in [0.05, 0.1) is 5.39 Å². The summed E-state index contributed by atoms with van der Waals surface area (Å²) in [6, 6.07) is 0. The minimum absolute atomic E-state index is 0.560. The van der Waals surface area contributed by atoms with Crippen molar-refractivity contribution in [2.24, 2.45) is 0 Å². The second kappa shape index (κ2) is 3.06. The number of fused-ring (bicyclic) bond motifs is 3. The second-order valence-corrected chi connectivity index (χ2v) is 4.60. The van der Waals surface area contributed by atoms with E-state index in [1.165, 1.54) is 11.1 Å². The van der Waals surface area contributed by atoms with E-state index < -0.39 is 0 Å². The molecule has 76 valence electrons. The van der Waals surface area contributed by atoms with E-state index in [1.54, 1.807) is 0 Å². The standard InChI is InChI=1S/C10H10N4S/c1-5-13-9(11)8-7-4-15-3-6(7)2-12-10(8)14-5/h2H,3-4H2,1H3,(H2,11,12,13,14). The molecule has 3 heterocycles. The second-order valence-electron chi connectivity index (χ2n) is 3.61. The van der Waals surface area contributed by atoms with Crippen LogP contribution in [-0.4, -0.2) is 15.0 Å². The fourth-order valence-electron chi connectivity index (χ4n) is 1.89. The van der Waals surface area contributed by atoms with Gasteiger partial charge in [-0.1, -0.05) is 0 Å². The molecule has 2 aromatic rings. The van der Waals surface area contributed by atoms with E-state index in [0.717, 1.165) is 22.5 Å². The Hall–Kier alpha value is -1.36. The first-order valence-electron chi connectivity index (χ1n) is 4.74. The highest BCUT2D eigenvalue weighted by atomic mass is 32.2. The van der Waals surface area contributed by atoms with Crippen LogP contribution in [0.15, 0.2) is 6.20 Å². The maximum atomic E-state index is 5.93. The highest BCUT2D eigenvalue weighted by Crippen LogP contribution is 2.35. The first kappa shape index (κ1) is 8.91. The molecule has 0 unspecified atom stereocenters. The number of nitrogens with two attached hydrogens (primary N) is 1. The van der Waals surface area contributed by atoms with Gasteiger partial charge in [-0.25, -0.2) is 15.0 Å². The zero-order valence-corrected chi connectivity index (χ0v) is 9.14. The highest BCUT2D eigenvalue weighted by Gasteiger charge is 2.18. The summed E-state index contributed by atoms with van der Waals surface area (Å²) in [7, 11) is 0. The first-order valence-corrected chi connectivity index (χ1v) is 5.89. The van der Waals surface area contributed by atoms with Gasteiger partial charge in [0.2, 0.25) is 0 Å². The van der Waals surface area contributed by atoms with Gasteiger partial charge in [0, 0.05) is 17.7 Å². The summed E-state index contributed by atoms with van der Waals surface area (Å²) >= 11 is 1.88. The molecular weight excluding hydrogens is 208 g/mol. The lowest BCUT2D eigenvalue weighted by atomic mass is 10.1. The van der Waals surface area contributed by atoms with E-state index in [0.29, 0.717) is 11.6 Å². The Morgan fingerprint density at radius 1 is 1.33 bits per heavy atom. The number of rotatable bonds is 0. The summed E-state index contributed by atoms with van der Waals surface area (Å²) in [6.45, 7) is 1.83. The van der Waals surface area contributed by atoms with Gasteiger partial charge in [0.1, 0.15) is 11.6 Å². The zero-order chi connectivity index (χ0) is 10.4. The maximum Gasteiger partial charge on any atom is 0.165 e. The van der Waals surface area contributed by atoms with Crippen molar-refractivity contribution < 1.29 is 0 Å². The van der Waals surface area contributed by atoms with Crippen molar-refractivity contribution >= 4 is 28.6 Å². The average Bonchev–Trinajstić information content (AvgIpc) is 2.63. The van der Waals surface area contributed by atoms with Crippen LogP contribution in [0.4, 0.5) is 5.82 Å². The maximum absolute atomic E-state index is 5.93. The lowest BCUT2D eigenvalue weighted by Crippen LogP contribution is -2.01. The Kier molecular flexibility index (Phi) is 1.82. The van der Waals surface area contributed by atoms with Gasteiger partial charge < -0.3 is 5.73 Å². The largest absolute Gasteiger partial charge is 0.383 e. The number of hydrogen-bond donors (Lipinski definition) is 1. The van der Waals surface area contributed by atoms with E-state index in [2.05, 4.69) is 15.0 Å². The Morgan fingerprint density at radius 3 is 3.07 bits per heavy atom. The lowest BCUT2D eigenvalue weighted by molar-refractivity contribution is 1.07. The van der Waals surface area contributed by atoms with Crippen molar-refractivity contribution in [1.82, 2.24) is 15.0 Å². The molecule has 1 aliphatic heterocycles. The van der Waals surface area contributed by atoms with E-state index in [4.69, 9.17) is 5.73 Å². The molecule has 0 radical (unpaired) electrons. The van der Waals surface area contributed by atoms with Crippen LogP contribution in [-0.2, 0) is 11.5 Å². The molecule has 0 bridgehead atoms. The molecule has 15 heavy (non-hydrogen) atoms. The van der Waals surface area contributed by atoms with Gasteiger partial charge in [-0.2, -0.15) is 11.8 Å². The number of nitrogens with zero attached hydrogens (tertiary/aromatic N) is 3. The monoisotopic (exact) mass is 218 g/mol. The van der Waals surface area contributed by atoms with Crippen LogP contribution in [0.1, 0.15) is 17.0 Å². The molecule has 2 aromatic heterocycles. The fourth-order valence-corrected chi connectivity index (χ4v) is 3.00. The van der Waals surface area contributed by atoms with Gasteiger partial charge in [-0.3, -0.25) is 0 Å². The highest BCUT2D eigenvalue weighted by molar-refractivity contribution is 7.98. The molecule has 0 fully saturated rings. The van der Waals surface area contributed by atoms with Crippen LogP contribution in [0.3, 0.4) is 0 Å². The molecule has 3 rings (SSSR count). The molecule has 0 atom stereocenters. The Balaban J connectivity index is 2.45. The van der Waals surface area contributed by atoms with Crippen LogP contribution >= 0.6 is 11.8 Å². The van der Waals surface area contributed by atoms with Crippen molar-refractivity contribution in [1.29, 1.82) is 0 Å². The molecule has 0 saturated carbocycles.